The molecule has 1 nitrogen and oxygen atoms in total. The first-order valence-corrected chi connectivity index (χ1v) is 10.8. The average molecular weight is 389 g/mol. The molecule has 144 valence electrons. The van der Waals surface area contributed by atoms with Crippen molar-refractivity contribution in [2.24, 2.45) is 0 Å². The Bertz CT molecular complexity index is 832. The molecular weight excluding hydrogens is 360 g/mol. The van der Waals surface area contributed by atoms with Gasteiger partial charge < -0.3 is 4.74 Å². The molecule has 0 saturated carbocycles. The molecule has 0 radical (unpaired) electrons. The van der Waals surface area contributed by atoms with Gasteiger partial charge in [0, 0.05) is 37.4 Å². The quantitative estimate of drug-likeness (QED) is 0.389. The molecule has 0 aliphatic heterocycles. The van der Waals surface area contributed by atoms with Crippen LogP contribution in [0.4, 0.5) is 0 Å². The summed E-state index contributed by atoms with van der Waals surface area (Å²) in [5.74, 6) is 14.2. The number of thioether (sulfide) groups is 1. The summed E-state index contributed by atoms with van der Waals surface area (Å²) in [6.07, 6.45) is 4.98. The maximum absolute atomic E-state index is 5.11. The van der Waals surface area contributed by atoms with Crippen molar-refractivity contribution in [2.75, 3.05) is 19.5 Å². The summed E-state index contributed by atoms with van der Waals surface area (Å²) >= 11 is 1.90. The molecule has 2 aromatic rings. The number of hydrogen-bond donors (Lipinski definition) is 0. The minimum Gasteiger partial charge on any atom is -0.385 e. The van der Waals surface area contributed by atoms with Crippen molar-refractivity contribution >= 4 is 11.8 Å². The van der Waals surface area contributed by atoms with E-state index in [0.29, 0.717) is 0 Å². The third-order valence-corrected chi connectivity index (χ3v) is 5.26. The number of benzene rings is 2. The molecule has 0 heterocycles. The Morgan fingerprint density at radius 1 is 1.04 bits per heavy atom. The van der Waals surface area contributed by atoms with E-state index in [1.807, 2.05) is 48.2 Å². The van der Waals surface area contributed by atoms with Crippen LogP contribution in [0.15, 0.2) is 72.3 Å². The van der Waals surface area contributed by atoms with Gasteiger partial charge in [-0.1, -0.05) is 79.1 Å². The molecule has 2 rings (SSSR count). The van der Waals surface area contributed by atoms with Gasteiger partial charge in [-0.25, -0.2) is 0 Å². The molecule has 0 bridgehead atoms. The van der Waals surface area contributed by atoms with Crippen molar-refractivity contribution in [3.63, 3.8) is 0 Å². The van der Waals surface area contributed by atoms with Crippen LogP contribution in [0.1, 0.15) is 42.6 Å². The Labute approximate surface area is 174 Å². The second-order valence-corrected chi connectivity index (χ2v) is 7.61. The minimum atomic E-state index is 0.211. The van der Waals surface area contributed by atoms with Gasteiger partial charge in [0.15, 0.2) is 0 Å². The molecule has 2 aromatic carbocycles. The largest absolute Gasteiger partial charge is 0.385 e. The molecule has 1 atom stereocenters. The van der Waals surface area contributed by atoms with E-state index < -0.39 is 0 Å². The second-order valence-electron chi connectivity index (χ2n) is 6.23. The molecule has 0 amide bonds. The van der Waals surface area contributed by atoms with Crippen LogP contribution in [-0.2, 0) is 4.74 Å². The summed E-state index contributed by atoms with van der Waals surface area (Å²) in [5.41, 5.74) is 3.37. The number of rotatable bonds is 8. The zero-order valence-corrected chi connectivity index (χ0v) is 17.6. The SMILES string of the molecule is CCSC(/C(C#CCCCCOC)=C/C#Cc1ccccc1)c1ccccc1. The summed E-state index contributed by atoms with van der Waals surface area (Å²) < 4.78 is 5.11. The maximum Gasteiger partial charge on any atom is 0.0632 e. The molecule has 0 aliphatic carbocycles. The fourth-order valence-corrected chi connectivity index (χ4v) is 3.67. The summed E-state index contributed by atoms with van der Waals surface area (Å²) in [7, 11) is 1.74. The molecule has 2 heteroatoms. The molecule has 0 saturated heterocycles. The van der Waals surface area contributed by atoms with Crippen molar-refractivity contribution in [2.45, 2.75) is 31.4 Å². The fourth-order valence-electron chi connectivity index (χ4n) is 2.68. The van der Waals surface area contributed by atoms with Crippen molar-refractivity contribution in [1.29, 1.82) is 0 Å². The smallest absolute Gasteiger partial charge is 0.0632 e. The topological polar surface area (TPSA) is 9.23 Å². The van der Waals surface area contributed by atoms with Gasteiger partial charge in [-0.05, 0) is 36.3 Å². The first-order chi connectivity index (χ1) is 13.8. The van der Waals surface area contributed by atoms with Crippen molar-refractivity contribution < 1.29 is 4.74 Å². The van der Waals surface area contributed by atoms with Crippen molar-refractivity contribution in [3.8, 4) is 23.7 Å². The zero-order valence-electron chi connectivity index (χ0n) is 16.8. The van der Waals surface area contributed by atoms with Gasteiger partial charge in [0.05, 0.1) is 5.25 Å². The van der Waals surface area contributed by atoms with Gasteiger partial charge in [0.1, 0.15) is 0 Å². The number of ether oxygens (including phenoxy) is 1. The Hall–Kier alpha value is -2.39. The molecule has 0 fully saturated rings. The highest BCUT2D eigenvalue weighted by Gasteiger charge is 2.14. The molecule has 0 aromatic heterocycles. The lowest BCUT2D eigenvalue weighted by atomic mass is 10.0. The highest BCUT2D eigenvalue weighted by molar-refractivity contribution is 7.99. The van der Waals surface area contributed by atoms with E-state index in [4.69, 9.17) is 4.74 Å². The van der Waals surface area contributed by atoms with E-state index in [1.54, 1.807) is 7.11 Å². The standard InChI is InChI=1S/C26H28OS/c1-3-28-26(24-19-11-7-12-20-24)25(18-10-4-5-13-22-27-2)21-14-17-23-15-8-6-9-16-23/h6-9,11-12,15-16,19-21,26H,3-5,13,22H2,1-2H3/b25-21+. The van der Waals surface area contributed by atoms with Crippen LogP contribution in [0, 0.1) is 23.7 Å². The Kier molecular flexibility index (Phi) is 10.7. The van der Waals surface area contributed by atoms with Crippen LogP contribution in [-0.4, -0.2) is 19.5 Å². The zero-order chi connectivity index (χ0) is 19.9. The van der Waals surface area contributed by atoms with Crippen molar-refractivity contribution in [1.82, 2.24) is 0 Å². The number of methoxy groups -OCH3 is 1. The second kappa shape index (κ2) is 13.7. The molecule has 0 aliphatic rings. The number of hydrogen-bond acceptors (Lipinski definition) is 2. The Balaban J connectivity index is 2.25. The van der Waals surface area contributed by atoms with Crippen LogP contribution in [0.25, 0.3) is 0 Å². The van der Waals surface area contributed by atoms with Crippen LogP contribution < -0.4 is 0 Å². The van der Waals surface area contributed by atoms with Gasteiger partial charge in [-0.3, -0.25) is 0 Å². The normalized spacial score (nSPS) is 11.7. The summed E-state index contributed by atoms with van der Waals surface area (Å²) in [6.45, 7) is 2.98. The van der Waals surface area contributed by atoms with E-state index >= 15 is 0 Å². The van der Waals surface area contributed by atoms with Crippen LogP contribution in [0.2, 0.25) is 0 Å². The van der Waals surface area contributed by atoms with Crippen LogP contribution in [0.3, 0.4) is 0 Å². The van der Waals surface area contributed by atoms with E-state index in [0.717, 1.165) is 42.8 Å². The maximum atomic E-state index is 5.11. The highest BCUT2D eigenvalue weighted by atomic mass is 32.2. The molecule has 0 spiro atoms. The summed E-state index contributed by atoms with van der Waals surface area (Å²) in [4.78, 5) is 0. The van der Waals surface area contributed by atoms with Gasteiger partial charge >= 0.3 is 0 Å². The lowest BCUT2D eigenvalue weighted by molar-refractivity contribution is 0.193. The molecule has 0 N–H and O–H groups in total. The highest BCUT2D eigenvalue weighted by Crippen LogP contribution is 2.35. The van der Waals surface area contributed by atoms with Crippen LogP contribution in [0.5, 0.6) is 0 Å². The Morgan fingerprint density at radius 3 is 2.43 bits per heavy atom. The van der Waals surface area contributed by atoms with E-state index in [1.165, 1.54) is 5.56 Å². The van der Waals surface area contributed by atoms with Crippen LogP contribution >= 0.6 is 11.8 Å². The fraction of sp³-hybridized carbons (Fsp3) is 0.308. The first kappa shape index (κ1) is 21.9. The lowest BCUT2D eigenvalue weighted by Gasteiger charge is -2.16. The van der Waals surface area contributed by atoms with E-state index in [2.05, 4.69) is 60.9 Å². The van der Waals surface area contributed by atoms with Crippen molar-refractivity contribution in [3.05, 3.63) is 83.4 Å². The van der Waals surface area contributed by atoms with Gasteiger partial charge in [-0.15, -0.1) is 11.8 Å². The lowest BCUT2D eigenvalue weighted by Crippen LogP contribution is -1.98. The minimum absolute atomic E-state index is 0.211. The summed E-state index contributed by atoms with van der Waals surface area (Å²) in [6, 6.07) is 20.6. The monoisotopic (exact) mass is 388 g/mol. The summed E-state index contributed by atoms with van der Waals surface area (Å²) in [5, 5.41) is 0.211. The van der Waals surface area contributed by atoms with Gasteiger partial charge in [0.2, 0.25) is 0 Å². The average Bonchev–Trinajstić information content (AvgIpc) is 2.75. The predicted octanol–water partition coefficient (Wildman–Crippen LogP) is 6.28. The van der Waals surface area contributed by atoms with E-state index in [-0.39, 0.29) is 5.25 Å². The van der Waals surface area contributed by atoms with E-state index in [9.17, 15) is 0 Å². The number of unbranched alkanes of at least 4 members (excludes halogenated alkanes) is 2. The predicted molar refractivity (Wildman–Crippen MR) is 122 cm³/mol. The first-order valence-electron chi connectivity index (χ1n) is 9.76. The molecular formula is C26H28OS. The molecule has 28 heavy (non-hydrogen) atoms. The third kappa shape index (κ3) is 8.10. The third-order valence-electron chi connectivity index (χ3n) is 4.07. The van der Waals surface area contributed by atoms with Gasteiger partial charge in [-0.2, -0.15) is 0 Å². The Morgan fingerprint density at radius 2 is 1.75 bits per heavy atom. The van der Waals surface area contributed by atoms with Gasteiger partial charge in [0.25, 0.3) is 0 Å². The molecule has 1 unspecified atom stereocenters. The number of allylic oxidation sites excluding steroid dienone is 1.